The fourth-order valence-electron chi connectivity index (χ4n) is 3.04. The van der Waals surface area contributed by atoms with Gasteiger partial charge in [0.2, 0.25) is 0 Å². The molecule has 1 aliphatic heterocycles. The molecular weight excluding hydrogens is 355 g/mol. The summed E-state index contributed by atoms with van der Waals surface area (Å²) in [5.41, 5.74) is 1.84. The van der Waals surface area contributed by atoms with Crippen LogP contribution in [0.15, 0.2) is 72.3 Å². The van der Waals surface area contributed by atoms with E-state index in [-0.39, 0.29) is 0 Å². The van der Waals surface area contributed by atoms with Gasteiger partial charge >= 0.3 is 0 Å². The van der Waals surface area contributed by atoms with E-state index in [1.165, 1.54) is 0 Å². The molecule has 0 radical (unpaired) electrons. The molecule has 0 saturated heterocycles. The van der Waals surface area contributed by atoms with Crippen LogP contribution in [0.25, 0.3) is 11.5 Å². The van der Waals surface area contributed by atoms with Gasteiger partial charge in [0.25, 0.3) is 0 Å². The zero-order chi connectivity index (χ0) is 19.1. The Kier molecular flexibility index (Phi) is 6.68. The maximum atomic E-state index is 13.6. The highest BCUT2D eigenvalue weighted by Crippen LogP contribution is 2.53. The fraction of sp³-hybridized carbons (Fsp3) is 0.273. The van der Waals surface area contributed by atoms with Gasteiger partial charge in [-0.15, -0.1) is 0 Å². The number of nitrogens with one attached hydrogen (secondary N) is 1. The largest absolute Gasteiger partial charge is 0.456 e. The standard InChI is InChI=1S/C22H27N2O2P/c1-3-24(4-2)16-15-23-27(25)17-21(19-11-7-5-8-12-19)26-22(18-27)20-13-9-6-10-14-20/h5-14,17-18H,3-4,15-16H2,1-2H3,(H,23,25). The van der Waals surface area contributed by atoms with Crippen LogP contribution in [-0.4, -0.2) is 31.1 Å². The molecule has 2 aromatic carbocycles. The molecule has 0 unspecified atom stereocenters. The average Bonchev–Trinajstić information content (AvgIpc) is 2.72. The maximum absolute atomic E-state index is 13.6. The summed E-state index contributed by atoms with van der Waals surface area (Å²) in [7, 11) is -2.86. The summed E-state index contributed by atoms with van der Waals surface area (Å²) in [6.45, 7) is 7.78. The molecular formula is C22H27N2O2P. The Bertz CT molecular complexity index is 784. The Balaban J connectivity index is 1.87. The molecule has 0 fully saturated rings. The van der Waals surface area contributed by atoms with E-state index in [2.05, 4.69) is 23.8 Å². The van der Waals surface area contributed by atoms with Crippen LogP contribution in [0.1, 0.15) is 25.0 Å². The van der Waals surface area contributed by atoms with E-state index in [0.717, 1.165) is 30.8 Å². The molecule has 4 nitrogen and oxygen atoms in total. The Morgan fingerprint density at radius 2 is 1.33 bits per heavy atom. The second-order valence-electron chi connectivity index (χ2n) is 6.47. The van der Waals surface area contributed by atoms with Crippen molar-refractivity contribution in [3.8, 4) is 0 Å². The highest BCUT2D eigenvalue weighted by molar-refractivity contribution is 7.68. The van der Waals surface area contributed by atoms with Gasteiger partial charge in [-0.2, -0.15) is 0 Å². The molecule has 0 bridgehead atoms. The number of hydrogen-bond donors (Lipinski definition) is 1. The molecule has 0 aromatic heterocycles. The first-order valence-corrected chi connectivity index (χ1v) is 11.3. The third-order valence-corrected chi connectivity index (χ3v) is 6.59. The van der Waals surface area contributed by atoms with Crippen molar-refractivity contribution in [2.75, 3.05) is 26.2 Å². The van der Waals surface area contributed by atoms with Gasteiger partial charge in [-0.05, 0) is 13.1 Å². The Labute approximate surface area is 162 Å². The molecule has 27 heavy (non-hydrogen) atoms. The molecule has 2 aromatic rings. The van der Waals surface area contributed by atoms with Gasteiger partial charge in [0.1, 0.15) is 11.5 Å². The van der Waals surface area contributed by atoms with Crippen LogP contribution < -0.4 is 5.09 Å². The first kappa shape index (κ1) is 19.6. The highest BCUT2D eigenvalue weighted by atomic mass is 31.2. The molecule has 1 heterocycles. The SMILES string of the molecule is CCN(CC)CCNP1(=O)C=C(c2ccccc2)OC(c2ccccc2)=C1. The van der Waals surface area contributed by atoms with Gasteiger partial charge in [-0.25, -0.2) is 0 Å². The number of benzene rings is 2. The van der Waals surface area contributed by atoms with Crippen molar-refractivity contribution in [1.82, 2.24) is 9.99 Å². The summed E-state index contributed by atoms with van der Waals surface area (Å²) in [4.78, 5) is 2.31. The predicted molar refractivity (Wildman–Crippen MR) is 113 cm³/mol. The summed E-state index contributed by atoms with van der Waals surface area (Å²) >= 11 is 0. The molecule has 1 aliphatic rings. The molecule has 0 saturated carbocycles. The molecule has 3 rings (SSSR count). The quantitative estimate of drug-likeness (QED) is 0.635. The number of rotatable bonds is 8. The second kappa shape index (κ2) is 9.18. The van der Waals surface area contributed by atoms with Crippen LogP contribution in [0.2, 0.25) is 0 Å². The number of hydrogen-bond acceptors (Lipinski definition) is 3. The lowest BCUT2D eigenvalue weighted by molar-refractivity contribution is 0.309. The van der Waals surface area contributed by atoms with Crippen LogP contribution in [0.5, 0.6) is 0 Å². The van der Waals surface area contributed by atoms with Crippen molar-refractivity contribution >= 4 is 18.8 Å². The Morgan fingerprint density at radius 3 is 1.78 bits per heavy atom. The lowest BCUT2D eigenvalue weighted by atomic mass is 10.2. The summed E-state index contributed by atoms with van der Waals surface area (Å²) in [6.07, 6.45) is 0. The van der Waals surface area contributed by atoms with E-state index in [9.17, 15) is 4.57 Å². The first-order chi connectivity index (χ1) is 13.1. The van der Waals surface area contributed by atoms with Gasteiger partial charge < -0.3 is 9.64 Å². The topological polar surface area (TPSA) is 41.6 Å². The third kappa shape index (κ3) is 5.20. The van der Waals surface area contributed by atoms with Crippen molar-refractivity contribution in [2.24, 2.45) is 0 Å². The zero-order valence-corrected chi connectivity index (χ0v) is 16.9. The highest BCUT2D eigenvalue weighted by Gasteiger charge is 2.26. The minimum atomic E-state index is -2.86. The number of likely N-dealkylation sites (N-methyl/N-ethyl adjacent to an activating group) is 1. The van der Waals surface area contributed by atoms with Crippen molar-refractivity contribution in [2.45, 2.75) is 13.8 Å². The van der Waals surface area contributed by atoms with Crippen LogP contribution in [0, 0.1) is 0 Å². The van der Waals surface area contributed by atoms with E-state index >= 15 is 0 Å². The number of nitrogens with zero attached hydrogens (tertiary/aromatic N) is 1. The van der Waals surface area contributed by atoms with Gasteiger partial charge in [0.15, 0.2) is 7.29 Å². The molecule has 1 N–H and O–H groups in total. The Hall–Kier alpha value is -2.13. The van der Waals surface area contributed by atoms with Crippen molar-refractivity contribution < 1.29 is 9.30 Å². The molecule has 142 valence electrons. The van der Waals surface area contributed by atoms with Crippen LogP contribution in [0.4, 0.5) is 0 Å². The summed E-state index contributed by atoms with van der Waals surface area (Å²) in [5, 5.41) is 3.28. The lowest BCUT2D eigenvalue weighted by Crippen LogP contribution is -2.30. The minimum absolute atomic E-state index is 0.635. The van der Waals surface area contributed by atoms with Gasteiger partial charge in [-0.3, -0.25) is 9.65 Å². The lowest BCUT2D eigenvalue weighted by Gasteiger charge is -2.25. The van der Waals surface area contributed by atoms with Crippen LogP contribution in [-0.2, 0) is 9.30 Å². The number of ether oxygens (including phenoxy) is 1. The first-order valence-electron chi connectivity index (χ1n) is 9.45. The normalized spacial score (nSPS) is 15.8. The van der Waals surface area contributed by atoms with E-state index in [0.29, 0.717) is 18.1 Å². The average molecular weight is 382 g/mol. The molecule has 0 amide bonds. The summed E-state index contributed by atoms with van der Waals surface area (Å²) in [6, 6.07) is 19.6. The van der Waals surface area contributed by atoms with Crippen LogP contribution >= 0.6 is 7.29 Å². The molecule has 0 spiro atoms. The van der Waals surface area contributed by atoms with Crippen molar-refractivity contribution in [3.05, 3.63) is 83.4 Å². The van der Waals surface area contributed by atoms with E-state index in [1.807, 2.05) is 60.7 Å². The van der Waals surface area contributed by atoms with Crippen molar-refractivity contribution in [3.63, 3.8) is 0 Å². The second-order valence-corrected chi connectivity index (χ2v) is 8.72. The molecule has 0 atom stereocenters. The summed E-state index contributed by atoms with van der Waals surface area (Å²) in [5.74, 6) is 4.76. The minimum Gasteiger partial charge on any atom is -0.456 e. The van der Waals surface area contributed by atoms with Gasteiger partial charge in [-0.1, -0.05) is 74.5 Å². The third-order valence-electron chi connectivity index (χ3n) is 4.64. The Morgan fingerprint density at radius 1 is 0.852 bits per heavy atom. The summed E-state index contributed by atoms with van der Waals surface area (Å²) < 4.78 is 19.7. The smallest absolute Gasteiger partial charge is 0.198 e. The predicted octanol–water partition coefficient (Wildman–Crippen LogP) is 5.22. The van der Waals surface area contributed by atoms with E-state index in [1.54, 1.807) is 11.6 Å². The van der Waals surface area contributed by atoms with Gasteiger partial charge in [0.05, 0.1) is 0 Å². The monoisotopic (exact) mass is 382 g/mol. The fourth-order valence-corrected chi connectivity index (χ4v) is 4.85. The van der Waals surface area contributed by atoms with Gasteiger partial charge in [0, 0.05) is 35.9 Å². The van der Waals surface area contributed by atoms with E-state index < -0.39 is 7.29 Å². The molecule has 0 aliphatic carbocycles. The molecule has 5 heteroatoms. The maximum Gasteiger partial charge on any atom is 0.198 e. The van der Waals surface area contributed by atoms with E-state index in [4.69, 9.17) is 4.74 Å². The zero-order valence-electron chi connectivity index (χ0n) is 16.0. The van der Waals surface area contributed by atoms with Crippen LogP contribution in [0.3, 0.4) is 0 Å². The van der Waals surface area contributed by atoms with Crippen molar-refractivity contribution in [1.29, 1.82) is 0 Å².